The van der Waals surface area contributed by atoms with Crippen LogP contribution in [0.3, 0.4) is 0 Å². The van der Waals surface area contributed by atoms with Crippen LogP contribution in [0.15, 0.2) is 47.4 Å². The fourth-order valence-corrected chi connectivity index (χ4v) is 3.67. The third-order valence-corrected chi connectivity index (χ3v) is 5.42. The lowest BCUT2D eigenvalue weighted by Gasteiger charge is -2.27. The molecule has 1 atom stereocenters. The van der Waals surface area contributed by atoms with Gasteiger partial charge in [0, 0.05) is 24.9 Å². The number of hydrogen-bond donors (Lipinski definition) is 2. The molecule has 0 saturated heterocycles. The second kappa shape index (κ2) is 6.81. The fraction of sp³-hybridized carbons (Fsp3) is 0.294. The molecule has 2 aromatic rings. The maximum Gasteiger partial charge on any atom is 0.293 e. The van der Waals surface area contributed by atoms with Crippen molar-refractivity contribution in [3.63, 3.8) is 0 Å². The standard InChI is InChI=1S/C17H19N3O4S/c1-25(23,24)13-6-7-15(17(10-13)20(21)22)19-11-16-14-5-3-2-4-12(14)8-9-18-16/h2-7,10,16,18-19H,8-9,11H2,1H3. The van der Waals surface area contributed by atoms with Gasteiger partial charge in [-0.2, -0.15) is 0 Å². The lowest BCUT2D eigenvalue weighted by molar-refractivity contribution is -0.384. The summed E-state index contributed by atoms with van der Waals surface area (Å²) in [6.45, 7) is 1.31. The average Bonchev–Trinajstić information content (AvgIpc) is 2.58. The number of sulfone groups is 1. The van der Waals surface area contributed by atoms with Gasteiger partial charge in [0.1, 0.15) is 5.69 Å². The van der Waals surface area contributed by atoms with E-state index in [2.05, 4.69) is 22.8 Å². The molecule has 1 aliphatic rings. The fourth-order valence-electron chi connectivity index (χ4n) is 3.03. The van der Waals surface area contributed by atoms with Crippen molar-refractivity contribution < 1.29 is 13.3 Å². The molecular weight excluding hydrogens is 342 g/mol. The lowest BCUT2D eigenvalue weighted by Crippen LogP contribution is -2.34. The van der Waals surface area contributed by atoms with E-state index in [9.17, 15) is 18.5 Å². The summed E-state index contributed by atoms with van der Waals surface area (Å²) in [6, 6.07) is 12.1. The van der Waals surface area contributed by atoms with Crippen LogP contribution in [0, 0.1) is 10.1 Å². The molecule has 0 spiro atoms. The van der Waals surface area contributed by atoms with E-state index in [0.717, 1.165) is 25.3 Å². The van der Waals surface area contributed by atoms with E-state index in [1.54, 1.807) is 0 Å². The minimum atomic E-state index is -3.50. The summed E-state index contributed by atoms with van der Waals surface area (Å²) < 4.78 is 23.2. The minimum Gasteiger partial charge on any atom is -0.378 e. The molecule has 0 fully saturated rings. The first-order valence-corrected chi connectivity index (χ1v) is 9.79. The Morgan fingerprint density at radius 3 is 2.76 bits per heavy atom. The second-order valence-electron chi connectivity index (χ2n) is 6.04. The Morgan fingerprint density at radius 2 is 2.04 bits per heavy atom. The highest BCUT2D eigenvalue weighted by molar-refractivity contribution is 7.90. The van der Waals surface area contributed by atoms with Gasteiger partial charge in [0.05, 0.1) is 9.82 Å². The molecule has 0 aromatic heterocycles. The van der Waals surface area contributed by atoms with Crippen molar-refractivity contribution in [2.45, 2.75) is 17.4 Å². The lowest BCUT2D eigenvalue weighted by atomic mass is 9.94. The van der Waals surface area contributed by atoms with Gasteiger partial charge in [0.15, 0.2) is 9.84 Å². The summed E-state index contributed by atoms with van der Waals surface area (Å²) in [5.74, 6) is 0. The van der Waals surface area contributed by atoms with Crippen LogP contribution >= 0.6 is 0 Å². The molecule has 25 heavy (non-hydrogen) atoms. The Kier molecular flexibility index (Phi) is 4.73. The van der Waals surface area contributed by atoms with Gasteiger partial charge in [-0.1, -0.05) is 24.3 Å². The highest BCUT2D eigenvalue weighted by Gasteiger charge is 2.22. The highest BCUT2D eigenvalue weighted by Crippen LogP contribution is 2.29. The Balaban J connectivity index is 1.83. The molecule has 2 N–H and O–H groups in total. The normalized spacial score (nSPS) is 16.9. The Labute approximate surface area is 146 Å². The second-order valence-corrected chi connectivity index (χ2v) is 8.06. The van der Waals surface area contributed by atoms with Crippen molar-refractivity contribution in [2.75, 3.05) is 24.7 Å². The average molecular weight is 361 g/mol. The van der Waals surface area contributed by atoms with Gasteiger partial charge in [0.25, 0.3) is 5.69 Å². The molecule has 0 bridgehead atoms. The predicted octanol–water partition coefficient (Wildman–Crippen LogP) is 2.30. The molecule has 132 valence electrons. The maximum atomic E-state index is 11.6. The summed E-state index contributed by atoms with van der Waals surface area (Å²) in [6.07, 6.45) is 1.98. The van der Waals surface area contributed by atoms with E-state index in [1.165, 1.54) is 23.3 Å². The smallest absolute Gasteiger partial charge is 0.293 e. The minimum absolute atomic E-state index is 0.0409. The van der Waals surface area contributed by atoms with E-state index in [1.807, 2.05) is 12.1 Å². The van der Waals surface area contributed by atoms with Gasteiger partial charge in [0.2, 0.25) is 0 Å². The maximum absolute atomic E-state index is 11.6. The summed E-state index contributed by atoms with van der Waals surface area (Å²) in [4.78, 5) is 10.7. The van der Waals surface area contributed by atoms with Crippen molar-refractivity contribution in [3.8, 4) is 0 Å². The van der Waals surface area contributed by atoms with Crippen LogP contribution in [-0.4, -0.2) is 32.7 Å². The highest BCUT2D eigenvalue weighted by atomic mass is 32.2. The van der Waals surface area contributed by atoms with Crippen LogP contribution in [0.2, 0.25) is 0 Å². The van der Waals surface area contributed by atoms with Gasteiger partial charge in [-0.25, -0.2) is 8.42 Å². The quantitative estimate of drug-likeness (QED) is 0.626. The number of hydrogen-bond acceptors (Lipinski definition) is 6. The topological polar surface area (TPSA) is 101 Å². The molecule has 1 unspecified atom stereocenters. The van der Waals surface area contributed by atoms with Crippen LogP contribution in [0.4, 0.5) is 11.4 Å². The van der Waals surface area contributed by atoms with Crippen LogP contribution in [-0.2, 0) is 16.3 Å². The number of nitro benzene ring substituents is 1. The van der Waals surface area contributed by atoms with Gasteiger partial charge in [-0.15, -0.1) is 0 Å². The van der Waals surface area contributed by atoms with Crippen LogP contribution in [0.1, 0.15) is 17.2 Å². The van der Waals surface area contributed by atoms with Crippen LogP contribution in [0.5, 0.6) is 0 Å². The number of anilines is 1. The summed E-state index contributed by atoms with van der Waals surface area (Å²) >= 11 is 0. The first kappa shape index (κ1) is 17.4. The molecule has 0 aliphatic carbocycles. The van der Waals surface area contributed by atoms with Crippen molar-refractivity contribution >= 4 is 21.2 Å². The first-order chi connectivity index (χ1) is 11.9. The third kappa shape index (κ3) is 3.80. The predicted molar refractivity (Wildman–Crippen MR) is 95.6 cm³/mol. The monoisotopic (exact) mass is 361 g/mol. The zero-order valence-corrected chi connectivity index (χ0v) is 14.5. The van der Waals surface area contributed by atoms with E-state index < -0.39 is 14.8 Å². The molecule has 1 aliphatic heterocycles. The summed E-state index contributed by atoms with van der Waals surface area (Å²) in [5, 5.41) is 17.8. The van der Waals surface area contributed by atoms with Crippen molar-refractivity contribution in [3.05, 3.63) is 63.7 Å². The van der Waals surface area contributed by atoms with E-state index in [4.69, 9.17) is 0 Å². The van der Waals surface area contributed by atoms with E-state index in [-0.39, 0.29) is 16.6 Å². The van der Waals surface area contributed by atoms with Crippen LogP contribution in [0.25, 0.3) is 0 Å². The summed E-state index contributed by atoms with van der Waals surface area (Å²) in [7, 11) is -3.50. The largest absolute Gasteiger partial charge is 0.378 e. The molecule has 8 heteroatoms. The number of rotatable bonds is 5. The van der Waals surface area contributed by atoms with E-state index in [0.29, 0.717) is 12.2 Å². The van der Waals surface area contributed by atoms with Gasteiger partial charge >= 0.3 is 0 Å². The van der Waals surface area contributed by atoms with Gasteiger partial charge in [-0.3, -0.25) is 10.1 Å². The Morgan fingerprint density at radius 1 is 1.28 bits per heavy atom. The number of fused-ring (bicyclic) bond motifs is 1. The number of benzene rings is 2. The van der Waals surface area contributed by atoms with E-state index >= 15 is 0 Å². The first-order valence-electron chi connectivity index (χ1n) is 7.90. The van der Waals surface area contributed by atoms with Crippen molar-refractivity contribution in [1.29, 1.82) is 0 Å². The van der Waals surface area contributed by atoms with Crippen LogP contribution < -0.4 is 10.6 Å². The molecule has 0 amide bonds. The molecule has 0 saturated carbocycles. The van der Waals surface area contributed by atoms with Gasteiger partial charge in [-0.05, 0) is 36.2 Å². The molecular formula is C17H19N3O4S. The SMILES string of the molecule is CS(=O)(=O)c1ccc(NCC2NCCc3ccccc32)c([N+](=O)[O-])c1. The molecule has 7 nitrogen and oxygen atoms in total. The number of nitro groups is 1. The zero-order valence-electron chi connectivity index (χ0n) is 13.7. The molecule has 1 heterocycles. The molecule has 3 rings (SSSR count). The molecule has 2 aromatic carbocycles. The Hall–Kier alpha value is -2.45. The number of nitrogens with zero attached hydrogens (tertiary/aromatic N) is 1. The number of nitrogens with one attached hydrogen (secondary N) is 2. The zero-order chi connectivity index (χ0) is 18.0. The van der Waals surface area contributed by atoms with Gasteiger partial charge < -0.3 is 10.6 Å². The Bertz CT molecular complexity index is 912. The third-order valence-electron chi connectivity index (χ3n) is 4.31. The van der Waals surface area contributed by atoms with Crippen molar-refractivity contribution in [2.24, 2.45) is 0 Å². The molecule has 0 radical (unpaired) electrons. The van der Waals surface area contributed by atoms with Crippen molar-refractivity contribution in [1.82, 2.24) is 5.32 Å². The summed E-state index contributed by atoms with van der Waals surface area (Å²) in [5.41, 5.74) is 2.51.